The Bertz CT molecular complexity index is 451. The molecule has 2 rings (SSSR count). The van der Waals surface area contributed by atoms with Crippen LogP contribution >= 0.6 is 11.8 Å². The Balaban J connectivity index is 2.08. The number of aryl methyl sites for hydroxylation is 1. The molecule has 16 heavy (non-hydrogen) atoms. The minimum atomic E-state index is 0.677. The smallest absolute Gasteiger partial charge is 0.198 e. The van der Waals surface area contributed by atoms with Crippen LogP contribution in [0.2, 0.25) is 0 Å². The fourth-order valence-corrected chi connectivity index (χ4v) is 1.79. The molecule has 0 amide bonds. The lowest BCUT2D eigenvalue weighted by Crippen LogP contribution is -2.06. The number of nitrogens with zero attached hydrogens (tertiary/aromatic N) is 5. The van der Waals surface area contributed by atoms with E-state index in [1.807, 2.05) is 31.1 Å². The molecule has 2 heterocycles. The van der Waals surface area contributed by atoms with Crippen LogP contribution in [0.3, 0.4) is 0 Å². The minimum absolute atomic E-state index is 0.677. The third-order valence-electron chi connectivity index (χ3n) is 1.91. The van der Waals surface area contributed by atoms with Gasteiger partial charge in [-0.2, -0.15) is 0 Å². The van der Waals surface area contributed by atoms with Gasteiger partial charge in [0.25, 0.3) is 0 Å². The van der Waals surface area contributed by atoms with Crippen LogP contribution in [0.15, 0.2) is 29.0 Å². The molecule has 2 aromatic rings. The van der Waals surface area contributed by atoms with E-state index >= 15 is 0 Å². The van der Waals surface area contributed by atoms with Crippen LogP contribution in [0.1, 0.15) is 5.56 Å². The Morgan fingerprint density at radius 1 is 1.38 bits per heavy atom. The summed E-state index contributed by atoms with van der Waals surface area (Å²) in [6, 6.07) is 0. The highest BCUT2D eigenvalue weighted by molar-refractivity contribution is 7.99. The fourth-order valence-electron chi connectivity index (χ4n) is 1.14. The topological polar surface area (TPSA) is 68.5 Å². The van der Waals surface area contributed by atoms with Gasteiger partial charge in [-0.1, -0.05) is 0 Å². The highest BCUT2D eigenvalue weighted by Gasteiger charge is 2.05. The summed E-state index contributed by atoms with van der Waals surface area (Å²) in [6.07, 6.45) is 5.27. The van der Waals surface area contributed by atoms with Crippen molar-refractivity contribution in [1.82, 2.24) is 30.0 Å². The molecule has 84 valence electrons. The van der Waals surface area contributed by atoms with E-state index in [0.717, 1.165) is 17.3 Å². The van der Waals surface area contributed by atoms with E-state index in [-0.39, 0.29) is 0 Å². The summed E-state index contributed by atoms with van der Waals surface area (Å²) < 4.78 is 1.83. The van der Waals surface area contributed by atoms with Gasteiger partial charge < -0.3 is 9.88 Å². The molecule has 0 unspecified atom stereocenters. The zero-order valence-electron chi connectivity index (χ0n) is 9.08. The highest BCUT2D eigenvalue weighted by atomic mass is 32.2. The van der Waals surface area contributed by atoms with E-state index in [0.29, 0.717) is 5.16 Å². The summed E-state index contributed by atoms with van der Waals surface area (Å²) in [4.78, 5) is 8.49. The lowest BCUT2D eigenvalue weighted by atomic mass is 10.3. The average molecular weight is 236 g/mol. The molecule has 0 aromatic carbocycles. The first-order valence-corrected chi connectivity index (χ1v) is 5.58. The molecule has 0 fully saturated rings. The molecule has 7 heteroatoms. The van der Waals surface area contributed by atoms with Gasteiger partial charge in [0.1, 0.15) is 6.33 Å². The molecule has 0 saturated heterocycles. The quantitative estimate of drug-likeness (QED) is 0.779. The van der Waals surface area contributed by atoms with Crippen molar-refractivity contribution in [3.05, 3.63) is 24.3 Å². The summed E-state index contributed by atoms with van der Waals surface area (Å²) in [7, 11) is 3.78. The predicted octanol–water partition coefficient (Wildman–Crippen LogP) is 0.476. The monoisotopic (exact) mass is 236 g/mol. The summed E-state index contributed by atoms with van der Waals surface area (Å²) in [5, 5.41) is 12.2. The zero-order valence-corrected chi connectivity index (χ0v) is 9.90. The Hall–Kier alpha value is -1.47. The van der Waals surface area contributed by atoms with E-state index in [9.17, 15) is 0 Å². The molecule has 0 aliphatic rings. The molecule has 1 N–H and O–H groups in total. The number of rotatable bonds is 4. The maximum absolute atomic E-state index is 4.24. The zero-order chi connectivity index (χ0) is 11.4. The Kier molecular flexibility index (Phi) is 3.47. The maximum atomic E-state index is 4.24. The van der Waals surface area contributed by atoms with E-state index in [2.05, 4.69) is 25.5 Å². The van der Waals surface area contributed by atoms with Gasteiger partial charge in [-0.3, -0.25) is 0 Å². The van der Waals surface area contributed by atoms with Crippen molar-refractivity contribution in [2.45, 2.75) is 16.9 Å². The first-order chi connectivity index (χ1) is 7.79. The number of aromatic nitrogens is 5. The maximum Gasteiger partial charge on any atom is 0.198 e. The van der Waals surface area contributed by atoms with Crippen LogP contribution in [0.4, 0.5) is 0 Å². The van der Waals surface area contributed by atoms with Gasteiger partial charge in [0.15, 0.2) is 10.3 Å². The largest absolute Gasteiger partial charge is 0.316 e. The Labute approximate surface area is 97.5 Å². The molecular formula is C9H12N6S. The van der Waals surface area contributed by atoms with Crippen molar-refractivity contribution in [2.75, 3.05) is 7.05 Å². The van der Waals surface area contributed by atoms with Gasteiger partial charge in [-0.05, 0) is 18.8 Å². The SMILES string of the molecule is CNCc1cnc(Sc2nncn2C)nc1. The second-order valence-electron chi connectivity index (χ2n) is 3.23. The standard InChI is InChI=1S/C9H12N6S/c1-10-3-7-4-11-8(12-5-7)16-9-14-13-6-15(9)2/h4-6,10H,3H2,1-2H3. The van der Waals surface area contributed by atoms with Crippen molar-refractivity contribution in [1.29, 1.82) is 0 Å². The molecule has 0 radical (unpaired) electrons. The second-order valence-corrected chi connectivity index (χ2v) is 4.17. The molecule has 2 aromatic heterocycles. The number of nitrogens with one attached hydrogen (secondary N) is 1. The van der Waals surface area contributed by atoms with Crippen molar-refractivity contribution >= 4 is 11.8 Å². The normalized spacial score (nSPS) is 10.6. The third-order valence-corrected chi connectivity index (χ3v) is 2.86. The lowest BCUT2D eigenvalue weighted by molar-refractivity contribution is 0.776. The molecule has 0 bridgehead atoms. The Morgan fingerprint density at radius 3 is 2.69 bits per heavy atom. The molecule has 0 saturated carbocycles. The molecule has 0 aliphatic carbocycles. The summed E-state index contributed by atoms with van der Waals surface area (Å²) in [6.45, 7) is 0.773. The number of hydrogen-bond donors (Lipinski definition) is 1. The molecule has 0 aliphatic heterocycles. The van der Waals surface area contributed by atoms with Crippen molar-refractivity contribution in [3.8, 4) is 0 Å². The van der Waals surface area contributed by atoms with E-state index in [1.165, 1.54) is 11.8 Å². The van der Waals surface area contributed by atoms with Crippen LogP contribution in [-0.2, 0) is 13.6 Å². The van der Waals surface area contributed by atoms with Crippen LogP contribution in [-0.4, -0.2) is 31.8 Å². The molecule has 0 atom stereocenters. The third kappa shape index (κ3) is 2.56. The minimum Gasteiger partial charge on any atom is -0.316 e. The van der Waals surface area contributed by atoms with Crippen LogP contribution in [0.25, 0.3) is 0 Å². The van der Waals surface area contributed by atoms with Crippen molar-refractivity contribution < 1.29 is 0 Å². The first-order valence-electron chi connectivity index (χ1n) is 4.77. The lowest BCUT2D eigenvalue weighted by Gasteiger charge is -2.01. The second kappa shape index (κ2) is 5.04. The van der Waals surface area contributed by atoms with Gasteiger partial charge in [-0.15, -0.1) is 10.2 Å². The van der Waals surface area contributed by atoms with Gasteiger partial charge >= 0.3 is 0 Å². The van der Waals surface area contributed by atoms with Gasteiger partial charge in [0.2, 0.25) is 0 Å². The fraction of sp³-hybridized carbons (Fsp3) is 0.333. The molecule has 0 spiro atoms. The molecular weight excluding hydrogens is 224 g/mol. The van der Waals surface area contributed by atoms with E-state index in [1.54, 1.807) is 6.33 Å². The summed E-state index contributed by atoms with van der Waals surface area (Å²) >= 11 is 1.39. The van der Waals surface area contributed by atoms with E-state index in [4.69, 9.17) is 0 Å². The summed E-state index contributed by atoms with van der Waals surface area (Å²) in [5.74, 6) is 0. The van der Waals surface area contributed by atoms with Crippen LogP contribution in [0, 0.1) is 0 Å². The van der Waals surface area contributed by atoms with Gasteiger partial charge in [-0.25, -0.2) is 9.97 Å². The molecule has 6 nitrogen and oxygen atoms in total. The van der Waals surface area contributed by atoms with Crippen LogP contribution < -0.4 is 5.32 Å². The highest BCUT2D eigenvalue weighted by Crippen LogP contribution is 2.20. The van der Waals surface area contributed by atoms with Crippen molar-refractivity contribution in [2.24, 2.45) is 7.05 Å². The Morgan fingerprint density at radius 2 is 2.12 bits per heavy atom. The first kappa shape index (κ1) is 11.0. The van der Waals surface area contributed by atoms with Gasteiger partial charge in [0, 0.05) is 31.5 Å². The van der Waals surface area contributed by atoms with Gasteiger partial charge in [0.05, 0.1) is 0 Å². The number of hydrogen-bond acceptors (Lipinski definition) is 6. The average Bonchev–Trinajstić information content (AvgIpc) is 2.68. The van der Waals surface area contributed by atoms with E-state index < -0.39 is 0 Å². The summed E-state index contributed by atoms with van der Waals surface area (Å²) in [5.41, 5.74) is 1.06. The predicted molar refractivity (Wildman–Crippen MR) is 59.9 cm³/mol. The van der Waals surface area contributed by atoms with Crippen LogP contribution in [0.5, 0.6) is 0 Å². The van der Waals surface area contributed by atoms with Crippen molar-refractivity contribution in [3.63, 3.8) is 0 Å².